The number of nitrogens with zero attached hydrogens (tertiary/aromatic N) is 2. The Morgan fingerprint density at radius 3 is 2.94 bits per heavy atom. The SMILES string of the molecule is CCCC1COc2cc(C#N)c([N+](=O)[O-])cc2O1. The summed E-state index contributed by atoms with van der Waals surface area (Å²) in [6.07, 6.45) is 1.68. The summed E-state index contributed by atoms with van der Waals surface area (Å²) in [5.74, 6) is 0.731. The Morgan fingerprint density at radius 1 is 1.56 bits per heavy atom. The van der Waals surface area contributed by atoms with Gasteiger partial charge >= 0.3 is 0 Å². The Morgan fingerprint density at radius 2 is 2.33 bits per heavy atom. The second-order valence-electron chi connectivity index (χ2n) is 4.02. The van der Waals surface area contributed by atoms with Crippen molar-refractivity contribution >= 4 is 5.69 Å². The minimum absolute atomic E-state index is 0.0173. The van der Waals surface area contributed by atoms with Crippen LogP contribution in [-0.4, -0.2) is 17.6 Å². The van der Waals surface area contributed by atoms with Gasteiger partial charge in [-0.15, -0.1) is 0 Å². The van der Waals surface area contributed by atoms with E-state index >= 15 is 0 Å². The predicted octanol–water partition coefficient (Wildman–Crippen LogP) is 2.41. The van der Waals surface area contributed by atoms with Gasteiger partial charge in [0.2, 0.25) is 0 Å². The number of rotatable bonds is 3. The van der Waals surface area contributed by atoms with E-state index in [1.807, 2.05) is 6.92 Å². The molecule has 0 fully saturated rings. The minimum atomic E-state index is -0.592. The molecule has 0 saturated heterocycles. The first kappa shape index (κ1) is 12.2. The maximum atomic E-state index is 10.8. The van der Waals surface area contributed by atoms with Crippen LogP contribution >= 0.6 is 0 Å². The first-order valence-electron chi connectivity index (χ1n) is 5.67. The molecule has 0 amide bonds. The monoisotopic (exact) mass is 248 g/mol. The zero-order chi connectivity index (χ0) is 13.1. The second-order valence-corrected chi connectivity index (χ2v) is 4.02. The van der Waals surface area contributed by atoms with Crippen molar-refractivity contribution in [1.82, 2.24) is 0 Å². The largest absolute Gasteiger partial charge is 0.486 e. The molecule has 0 aliphatic carbocycles. The highest BCUT2D eigenvalue weighted by Crippen LogP contribution is 2.37. The molecule has 6 heteroatoms. The van der Waals surface area contributed by atoms with Gasteiger partial charge in [0.25, 0.3) is 5.69 Å². The molecule has 0 N–H and O–H groups in total. The molecule has 6 nitrogen and oxygen atoms in total. The lowest BCUT2D eigenvalue weighted by molar-refractivity contribution is -0.385. The van der Waals surface area contributed by atoms with E-state index in [-0.39, 0.29) is 17.4 Å². The van der Waals surface area contributed by atoms with Crippen LogP contribution in [0.25, 0.3) is 0 Å². The van der Waals surface area contributed by atoms with E-state index in [9.17, 15) is 10.1 Å². The Balaban J connectivity index is 2.37. The highest BCUT2D eigenvalue weighted by molar-refractivity contribution is 5.59. The summed E-state index contributed by atoms with van der Waals surface area (Å²) in [5, 5.41) is 19.7. The van der Waals surface area contributed by atoms with Gasteiger partial charge in [0.05, 0.1) is 11.0 Å². The van der Waals surface area contributed by atoms with Crippen LogP contribution in [0.5, 0.6) is 11.5 Å². The van der Waals surface area contributed by atoms with E-state index in [1.165, 1.54) is 12.1 Å². The number of fused-ring (bicyclic) bond motifs is 1. The van der Waals surface area contributed by atoms with Gasteiger partial charge in [-0.2, -0.15) is 5.26 Å². The molecule has 1 aliphatic rings. The molecule has 1 aromatic carbocycles. The molecule has 1 aliphatic heterocycles. The van der Waals surface area contributed by atoms with Crippen molar-refractivity contribution in [3.8, 4) is 17.6 Å². The number of benzene rings is 1. The quantitative estimate of drug-likeness (QED) is 0.605. The second kappa shape index (κ2) is 4.92. The van der Waals surface area contributed by atoms with Crippen LogP contribution in [0.3, 0.4) is 0 Å². The summed E-state index contributed by atoms with van der Waals surface area (Å²) in [6.45, 7) is 2.43. The van der Waals surface area contributed by atoms with Crippen molar-refractivity contribution in [1.29, 1.82) is 5.26 Å². The molecule has 1 aromatic rings. The average molecular weight is 248 g/mol. The maximum Gasteiger partial charge on any atom is 0.291 e. The molecular formula is C12H12N2O4. The van der Waals surface area contributed by atoms with Crippen molar-refractivity contribution in [3.05, 3.63) is 27.8 Å². The molecule has 1 atom stereocenters. The lowest BCUT2D eigenvalue weighted by atomic mass is 10.1. The molecule has 1 heterocycles. The smallest absolute Gasteiger partial charge is 0.291 e. The fourth-order valence-corrected chi connectivity index (χ4v) is 1.86. The van der Waals surface area contributed by atoms with E-state index < -0.39 is 4.92 Å². The van der Waals surface area contributed by atoms with E-state index in [0.717, 1.165) is 12.8 Å². The molecule has 1 unspecified atom stereocenters. The fourth-order valence-electron chi connectivity index (χ4n) is 1.86. The fraction of sp³-hybridized carbons (Fsp3) is 0.417. The Kier molecular flexibility index (Phi) is 3.33. The third-order valence-electron chi connectivity index (χ3n) is 2.71. The van der Waals surface area contributed by atoms with Crippen molar-refractivity contribution in [2.24, 2.45) is 0 Å². The zero-order valence-electron chi connectivity index (χ0n) is 9.88. The van der Waals surface area contributed by atoms with Crippen LogP contribution in [0.2, 0.25) is 0 Å². The molecule has 0 bridgehead atoms. The number of hydrogen-bond donors (Lipinski definition) is 0. The summed E-state index contributed by atoms with van der Waals surface area (Å²) in [5.41, 5.74) is -0.270. The van der Waals surface area contributed by atoms with E-state index in [2.05, 4.69) is 0 Å². The summed E-state index contributed by atoms with van der Waals surface area (Å²) in [7, 11) is 0. The molecule has 0 aromatic heterocycles. The van der Waals surface area contributed by atoms with Gasteiger partial charge in [-0.3, -0.25) is 10.1 Å². The lowest BCUT2D eigenvalue weighted by Crippen LogP contribution is -2.28. The van der Waals surface area contributed by atoms with E-state index in [4.69, 9.17) is 14.7 Å². The number of nitriles is 1. The van der Waals surface area contributed by atoms with Crippen molar-refractivity contribution in [2.45, 2.75) is 25.9 Å². The predicted molar refractivity (Wildman–Crippen MR) is 62.6 cm³/mol. The van der Waals surface area contributed by atoms with Gasteiger partial charge in [-0.05, 0) is 6.42 Å². The van der Waals surface area contributed by atoms with Gasteiger partial charge in [0.15, 0.2) is 11.5 Å². The van der Waals surface area contributed by atoms with Crippen molar-refractivity contribution < 1.29 is 14.4 Å². The highest BCUT2D eigenvalue weighted by Gasteiger charge is 2.25. The van der Waals surface area contributed by atoms with Gasteiger partial charge < -0.3 is 9.47 Å². The Labute approximate surface area is 104 Å². The van der Waals surface area contributed by atoms with E-state index in [0.29, 0.717) is 18.1 Å². The lowest BCUT2D eigenvalue weighted by Gasteiger charge is -2.26. The van der Waals surface area contributed by atoms with Gasteiger partial charge in [0, 0.05) is 6.07 Å². The van der Waals surface area contributed by atoms with Crippen molar-refractivity contribution in [2.75, 3.05) is 6.61 Å². The zero-order valence-corrected chi connectivity index (χ0v) is 9.88. The summed E-state index contributed by atoms with van der Waals surface area (Å²) < 4.78 is 11.1. The number of hydrogen-bond acceptors (Lipinski definition) is 5. The van der Waals surface area contributed by atoms with Crippen LogP contribution in [0.1, 0.15) is 25.3 Å². The molecule has 0 radical (unpaired) electrons. The van der Waals surface area contributed by atoms with Crippen LogP contribution in [-0.2, 0) is 0 Å². The standard InChI is InChI=1S/C12H12N2O4/c1-2-3-9-7-17-11-4-8(6-13)10(14(15)16)5-12(11)18-9/h4-5,9H,2-3,7H2,1H3. The summed E-state index contributed by atoms with van der Waals surface area (Å²) in [6, 6.07) is 4.40. The molecule has 0 saturated carbocycles. The first-order valence-corrected chi connectivity index (χ1v) is 5.67. The topological polar surface area (TPSA) is 85.4 Å². The van der Waals surface area contributed by atoms with Gasteiger partial charge in [-0.25, -0.2) is 0 Å². The minimum Gasteiger partial charge on any atom is -0.486 e. The third kappa shape index (κ3) is 2.20. The highest BCUT2D eigenvalue weighted by atomic mass is 16.6. The van der Waals surface area contributed by atoms with Crippen LogP contribution in [0, 0.1) is 21.4 Å². The van der Waals surface area contributed by atoms with E-state index in [1.54, 1.807) is 6.07 Å². The number of ether oxygens (including phenoxy) is 2. The van der Waals surface area contributed by atoms with Crippen LogP contribution < -0.4 is 9.47 Å². The number of nitro benzene ring substituents is 1. The normalized spacial score (nSPS) is 17.0. The van der Waals surface area contributed by atoms with Gasteiger partial charge in [0.1, 0.15) is 24.3 Å². The molecule has 18 heavy (non-hydrogen) atoms. The molecule has 2 rings (SSSR count). The summed E-state index contributed by atoms with van der Waals surface area (Å²) in [4.78, 5) is 10.2. The van der Waals surface area contributed by atoms with Gasteiger partial charge in [-0.1, -0.05) is 13.3 Å². The molecule has 94 valence electrons. The molecular weight excluding hydrogens is 236 g/mol. The molecule has 0 spiro atoms. The Bertz CT molecular complexity index is 522. The van der Waals surface area contributed by atoms with Crippen molar-refractivity contribution in [3.63, 3.8) is 0 Å². The number of nitro groups is 1. The van der Waals surface area contributed by atoms with Crippen LogP contribution in [0.15, 0.2) is 12.1 Å². The average Bonchev–Trinajstić information content (AvgIpc) is 2.37. The Hall–Kier alpha value is -2.29. The first-order chi connectivity index (χ1) is 8.65. The summed E-state index contributed by atoms with van der Waals surface area (Å²) >= 11 is 0. The van der Waals surface area contributed by atoms with Crippen LogP contribution in [0.4, 0.5) is 5.69 Å². The third-order valence-corrected chi connectivity index (χ3v) is 2.71. The maximum absolute atomic E-state index is 10.8.